The molecule has 1 aliphatic heterocycles. The van der Waals surface area contributed by atoms with E-state index in [1.54, 1.807) is 18.2 Å². The highest BCUT2D eigenvalue weighted by Gasteiger charge is 2.24. The Morgan fingerprint density at radius 2 is 1.68 bits per heavy atom. The maximum Gasteiger partial charge on any atom is 0.335 e. The molecule has 2 aromatic rings. The highest BCUT2D eigenvalue weighted by atomic mass is 35.5. The number of carbonyl (C=O) groups excluding carboxylic acids is 1. The molecule has 130 valence electrons. The molecule has 1 N–H and O–H groups in total. The third-order valence-corrected chi connectivity index (χ3v) is 5.03. The van der Waals surface area contributed by atoms with Gasteiger partial charge >= 0.3 is 5.97 Å². The summed E-state index contributed by atoms with van der Waals surface area (Å²) in [5.74, 6) is -0.569. The molecule has 0 radical (unpaired) electrons. The summed E-state index contributed by atoms with van der Waals surface area (Å²) in [6, 6.07) is 14.6. The summed E-state index contributed by atoms with van der Waals surface area (Å²) in [7, 11) is 0. The van der Waals surface area contributed by atoms with Crippen LogP contribution in [0.4, 0.5) is 0 Å². The summed E-state index contributed by atoms with van der Waals surface area (Å²) in [6.07, 6.45) is 1.95. The van der Waals surface area contributed by atoms with Crippen molar-refractivity contribution in [1.82, 2.24) is 4.90 Å². The Hall–Kier alpha value is -2.33. The van der Waals surface area contributed by atoms with Gasteiger partial charge in [-0.25, -0.2) is 4.79 Å². The Bertz CT molecular complexity index is 765. The third-order valence-electron chi connectivity index (χ3n) is 4.78. The van der Waals surface area contributed by atoms with E-state index in [1.165, 1.54) is 11.6 Å². The van der Waals surface area contributed by atoms with Crippen molar-refractivity contribution in [2.24, 2.45) is 0 Å². The predicted molar refractivity (Wildman–Crippen MR) is 97.1 cm³/mol. The Kier molecular flexibility index (Phi) is 5.39. The monoisotopic (exact) mass is 357 g/mol. The molecule has 1 amide bonds. The fraction of sp³-hybridized carbons (Fsp3) is 0.300. The number of carboxylic acid groups (broad SMARTS) is 1. The number of nitrogens with zero attached hydrogens (tertiary/aromatic N) is 1. The summed E-state index contributed by atoms with van der Waals surface area (Å²) in [6.45, 7) is 1.39. The second-order valence-electron chi connectivity index (χ2n) is 6.35. The van der Waals surface area contributed by atoms with Crippen LogP contribution in [0.3, 0.4) is 0 Å². The van der Waals surface area contributed by atoms with Gasteiger partial charge in [0.2, 0.25) is 5.91 Å². The van der Waals surface area contributed by atoms with Crippen LogP contribution >= 0.6 is 11.6 Å². The fourth-order valence-electron chi connectivity index (χ4n) is 3.35. The zero-order valence-corrected chi connectivity index (χ0v) is 14.6. The number of hydrogen-bond acceptors (Lipinski definition) is 2. The van der Waals surface area contributed by atoms with Crippen LogP contribution in [0.2, 0.25) is 5.02 Å². The molecule has 25 heavy (non-hydrogen) atoms. The van der Waals surface area contributed by atoms with Crippen LogP contribution in [0, 0.1) is 0 Å². The van der Waals surface area contributed by atoms with Gasteiger partial charge in [-0.3, -0.25) is 4.79 Å². The van der Waals surface area contributed by atoms with Gasteiger partial charge in [-0.15, -0.1) is 0 Å². The maximum atomic E-state index is 12.5. The fourth-order valence-corrected chi connectivity index (χ4v) is 3.48. The average Bonchev–Trinajstić information content (AvgIpc) is 2.63. The summed E-state index contributed by atoms with van der Waals surface area (Å²) in [5, 5.41) is 9.96. The molecule has 0 aliphatic carbocycles. The van der Waals surface area contributed by atoms with E-state index < -0.39 is 5.97 Å². The lowest BCUT2D eigenvalue weighted by atomic mass is 9.89. The van der Waals surface area contributed by atoms with Crippen molar-refractivity contribution in [2.75, 3.05) is 13.1 Å². The standard InChI is InChI=1S/C20H20ClNO3/c21-17-7-5-14(6-8-17)15-9-11-22(12-10-15)19(23)13-16-3-1-2-4-18(16)20(24)25/h1-8,15H,9-13H2,(H,24,25). The van der Waals surface area contributed by atoms with Crippen LogP contribution in [0.1, 0.15) is 40.2 Å². The second-order valence-corrected chi connectivity index (χ2v) is 6.78. The van der Waals surface area contributed by atoms with E-state index in [1.807, 2.05) is 29.2 Å². The number of benzene rings is 2. The van der Waals surface area contributed by atoms with Crippen molar-refractivity contribution < 1.29 is 14.7 Å². The molecule has 0 bridgehead atoms. The number of likely N-dealkylation sites (tertiary alicyclic amines) is 1. The smallest absolute Gasteiger partial charge is 0.335 e. The van der Waals surface area contributed by atoms with Crippen LogP contribution in [0.25, 0.3) is 0 Å². The van der Waals surface area contributed by atoms with Gasteiger partial charge < -0.3 is 10.0 Å². The SMILES string of the molecule is O=C(O)c1ccccc1CC(=O)N1CCC(c2ccc(Cl)cc2)CC1. The minimum atomic E-state index is -0.996. The summed E-state index contributed by atoms with van der Waals surface area (Å²) in [4.78, 5) is 25.7. The highest BCUT2D eigenvalue weighted by Crippen LogP contribution is 2.29. The molecule has 0 atom stereocenters. The zero-order valence-electron chi connectivity index (χ0n) is 13.8. The largest absolute Gasteiger partial charge is 0.478 e. The molecular weight excluding hydrogens is 338 g/mol. The first kappa shape index (κ1) is 17.5. The normalized spacial score (nSPS) is 15.2. The number of amides is 1. The van der Waals surface area contributed by atoms with E-state index in [0.29, 0.717) is 24.6 Å². The van der Waals surface area contributed by atoms with Crippen molar-refractivity contribution in [2.45, 2.75) is 25.2 Å². The van der Waals surface area contributed by atoms with Crippen molar-refractivity contribution in [3.05, 3.63) is 70.2 Å². The Labute approximate surface area is 152 Å². The van der Waals surface area contributed by atoms with Crippen LogP contribution in [-0.4, -0.2) is 35.0 Å². The molecule has 3 rings (SSSR count). The van der Waals surface area contributed by atoms with E-state index in [2.05, 4.69) is 0 Å². The average molecular weight is 358 g/mol. The molecule has 2 aromatic carbocycles. The summed E-state index contributed by atoms with van der Waals surface area (Å²) in [5.41, 5.74) is 2.03. The summed E-state index contributed by atoms with van der Waals surface area (Å²) < 4.78 is 0. The van der Waals surface area contributed by atoms with Gasteiger partial charge in [-0.1, -0.05) is 41.9 Å². The second kappa shape index (κ2) is 7.70. The van der Waals surface area contributed by atoms with Gasteiger partial charge in [0.15, 0.2) is 0 Å². The van der Waals surface area contributed by atoms with Crippen LogP contribution in [0.5, 0.6) is 0 Å². The van der Waals surface area contributed by atoms with Gasteiger partial charge in [-0.2, -0.15) is 0 Å². The van der Waals surface area contributed by atoms with Crippen LogP contribution < -0.4 is 0 Å². The topological polar surface area (TPSA) is 57.6 Å². The lowest BCUT2D eigenvalue weighted by molar-refractivity contribution is -0.131. The number of hydrogen-bond donors (Lipinski definition) is 1. The molecule has 0 spiro atoms. The Balaban J connectivity index is 1.60. The lowest BCUT2D eigenvalue weighted by Gasteiger charge is -2.32. The Morgan fingerprint density at radius 3 is 2.32 bits per heavy atom. The van der Waals surface area contributed by atoms with Gasteiger partial charge in [0, 0.05) is 18.1 Å². The van der Waals surface area contributed by atoms with E-state index >= 15 is 0 Å². The van der Waals surface area contributed by atoms with Gasteiger partial charge in [0.1, 0.15) is 0 Å². The van der Waals surface area contributed by atoms with E-state index in [-0.39, 0.29) is 17.9 Å². The Morgan fingerprint density at radius 1 is 1.04 bits per heavy atom. The summed E-state index contributed by atoms with van der Waals surface area (Å²) >= 11 is 5.93. The molecule has 5 heteroatoms. The quantitative estimate of drug-likeness (QED) is 0.900. The molecule has 1 heterocycles. The van der Waals surface area contributed by atoms with Crippen LogP contribution in [-0.2, 0) is 11.2 Å². The van der Waals surface area contributed by atoms with E-state index in [9.17, 15) is 14.7 Å². The molecule has 0 saturated carbocycles. The lowest BCUT2D eigenvalue weighted by Crippen LogP contribution is -2.39. The van der Waals surface area contributed by atoms with Crippen LogP contribution in [0.15, 0.2) is 48.5 Å². The van der Waals surface area contributed by atoms with Gasteiger partial charge in [0.25, 0.3) is 0 Å². The molecule has 0 unspecified atom stereocenters. The molecule has 0 aromatic heterocycles. The van der Waals surface area contributed by atoms with Crippen molar-refractivity contribution in [1.29, 1.82) is 0 Å². The number of piperidine rings is 1. The predicted octanol–water partition coefficient (Wildman–Crippen LogP) is 3.99. The highest BCUT2D eigenvalue weighted by molar-refractivity contribution is 6.30. The van der Waals surface area contributed by atoms with Crippen molar-refractivity contribution >= 4 is 23.5 Å². The molecule has 4 nitrogen and oxygen atoms in total. The van der Waals surface area contributed by atoms with Gasteiger partial charge in [0.05, 0.1) is 12.0 Å². The third kappa shape index (κ3) is 4.20. The number of carbonyl (C=O) groups is 2. The number of carboxylic acids is 1. The minimum Gasteiger partial charge on any atom is -0.478 e. The van der Waals surface area contributed by atoms with Crippen molar-refractivity contribution in [3.8, 4) is 0 Å². The number of rotatable bonds is 4. The molecule has 1 fully saturated rings. The first-order valence-corrected chi connectivity index (χ1v) is 8.77. The minimum absolute atomic E-state index is 0.0109. The molecule has 1 saturated heterocycles. The first-order valence-electron chi connectivity index (χ1n) is 8.39. The van der Waals surface area contributed by atoms with E-state index in [0.717, 1.165) is 17.9 Å². The number of halogens is 1. The van der Waals surface area contributed by atoms with Gasteiger partial charge in [-0.05, 0) is 48.1 Å². The first-order chi connectivity index (χ1) is 12.0. The number of aromatic carboxylic acids is 1. The molecule has 1 aliphatic rings. The maximum absolute atomic E-state index is 12.5. The zero-order chi connectivity index (χ0) is 17.8. The van der Waals surface area contributed by atoms with Crippen molar-refractivity contribution in [3.63, 3.8) is 0 Å². The molecular formula is C20H20ClNO3. The van der Waals surface area contributed by atoms with E-state index in [4.69, 9.17) is 11.6 Å².